The predicted molar refractivity (Wildman–Crippen MR) is 103 cm³/mol. The Morgan fingerprint density at radius 3 is 2.73 bits per heavy atom. The SMILES string of the molecule is CCC(C)ONc1ccccc1Cc1ncnc2c1ncn2C(C)(C)N. The van der Waals surface area contributed by atoms with Gasteiger partial charge >= 0.3 is 0 Å². The van der Waals surface area contributed by atoms with E-state index in [0.717, 1.165) is 34.5 Å². The fourth-order valence-corrected chi connectivity index (χ4v) is 2.64. The van der Waals surface area contributed by atoms with Crippen molar-refractivity contribution in [3.05, 3.63) is 48.2 Å². The lowest BCUT2D eigenvalue weighted by Crippen LogP contribution is -2.35. The summed E-state index contributed by atoms with van der Waals surface area (Å²) < 4.78 is 1.86. The fourth-order valence-electron chi connectivity index (χ4n) is 2.64. The van der Waals surface area contributed by atoms with E-state index in [2.05, 4.69) is 33.4 Å². The highest BCUT2D eigenvalue weighted by Crippen LogP contribution is 2.23. The molecular formula is C19H26N6O. The zero-order valence-electron chi connectivity index (χ0n) is 15.7. The minimum Gasteiger partial charge on any atom is -0.309 e. The Kier molecular flexibility index (Phi) is 5.20. The lowest BCUT2D eigenvalue weighted by Gasteiger charge is -2.20. The van der Waals surface area contributed by atoms with E-state index >= 15 is 0 Å². The van der Waals surface area contributed by atoms with Crippen molar-refractivity contribution in [3.8, 4) is 0 Å². The molecule has 26 heavy (non-hydrogen) atoms. The third-order valence-corrected chi connectivity index (χ3v) is 4.35. The molecule has 1 atom stereocenters. The van der Waals surface area contributed by atoms with E-state index in [1.807, 2.05) is 43.5 Å². The van der Waals surface area contributed by atoms with Crippen molar-refractivity contribution < 1.29 is 4.84 Å². The van der Waals surface area contributed by atoms with E-state index < -0.39 is 5.66 Å². The van der Waals surface area contributed by atoms with Crippen LogP contribution < -0.4 is 11.2 Å². The van der Waals surface area contributed by atoms with Gasteiger partial charge in [0, 0.05) is 6.42 Å². The molecule has 7 heteroatoms. The molecule has 2 heterocycles. The molecule has 0 spiro atoms. The quantitative estimate of drug-likeness (QED) is 0.633. The molecule has 0 fully saturated rings. The molecule has 7 nitrogen and oxygen atoms in total. The summed E-state index contributed by atoms with van der Waals surface area (Å²) in [4.78, 5) is 19.0. The van der Waals surface area contributed by atoms with E-state index in [-0.39, 0.29) is 6.10 Å². The average Bonchev–Trinajstić information content (AvgIpc) is 3.06. The van der Waals surface area contributed by atoms with E-state index in [1.165, 1.54) is 0 Å². The molecule has 0 saturated heterocycles. The van der Waals surface area contributed by atoms with Crippen molar-refractivity contribution in [2.24, 2.45) is 5.73 Å². The third-order valence-electron chi connectivity index (χ3n) is 4.35. The number of hydrogen-bond donors (Lipinski definition) is 2. The first kappa shape index (κ1) is 18.3. The van der Waals surface area contributed by atoms with Gasteiger partial charge in [-0.2, -0.15) is 0 Å². The first-order valence-corrected chi connectivity index (χ1v) is 8.86. The van der Waals surface area contributed by atoms with E-state index in [0.29, 0.717) is 6.42 Å². The molecule has 0 bridgehead atoms. The Morgan fingerprint density at radius 1 is 1.23 bits per heavy atom. The number of imidazole rings is 1. The molecule has 2 aromatic heterocycles. The second-order valence-corrected chi connectivity index (χ2v) is 7.03. The smallest absolute Gasteiger partial charge is 0.165 e. The number of para-hydroxylation sites is 1. The molecule has 3 aromatic rings. The first-order chi connectivity index (χ1) is 12.4. The summed E-state index contributed by atoms with van der Waals surface area (Å²) in [5.41, 5.74) is 13.1. The summed E-state index contributed by atoms with van der Waals surface area (Å²) in [7, 11) is 0. The van der Waals surface area contributed by atoms with Gasteiger partial charge in [-0.3, -0.25) is 14.9 Å². The maximum atomic E-state index is 6.21. The summed E-state index contributed by atoms with van der Waals surface area (Å²) in [5.74, 6) is 0. The highest BCUT2D eigenvalue weighted by molar-refractivity contribution is 5.74. The van der Waals surface area contributed by atoms with Gasteiger partial charge in [0.15, 0.2) is 5.65 Å². The van der Waals surface area contributed by atoms with Crippen molar-refractivity contribution in [2.75, 3.05) is 5.48 Å². The molecule has 0 radical (unpaired) electrons. The van der Waals surface area contributed by atoms with Crippen LogP contribution in [0.5, 0.6) is 0 Å². The summed E-state index contributed by atoms with van der Waals surface area (Å²) in [6.45, 7) is 7.96. The van der Waals surface area contributed by atoms with E-state index in [4.69, 9.17) is 10.6 Å². The van der Waals surface area contributed by atoms with Crippen molar-refractivity contribution in [1.82, 2.24) is 19.5 Å². The van der Waals surface area contributed by atoms with Crippen LogP contribution in [0.15, 0.2) is 36.9 Å². The van der Waals surface area contributed by atoms with Crippen LogP contribution in [0.4, 0.5) is 5.69 Å². The first-order valence-electron chi connectivity index (χ1n) is 8.86. The van der Waals surface area contributed by atoms with Crippen LogP contribution in [0.1, 0.15) is 45.4 Å². The van der Waals surface area contributed by atoms with Crippen LogP contribution in [-0.4, -0.2) is 25.6 Å². The molecule has 0 saturated carbocycles. The van der Waals surface area contributed by atoms with Crippen LogP contribution >= 0.6 is 0 Å². The van der Waals surface area contributed by atoms with Gasteiger partial charge in [0.05, 0.1) is 29.5 Å². The number of aromatic nitrogens is 4. The number of benzene rings is 1. The Labute approximate surface area is 153 Å². The number of rotatable bonds is 7. The lowest BCUT2D eigenvalue weighted by atomic mass is 10.1. The number of nitrogens with two attached hydrogens (primary N) is 1. The van der Waals surface area contributed by atoms with E-state index in [1.54, 1.807) is 12.7 Å². The molecule has 138 valence electrons. The highest BCUT2D eigenvalue weighted by atomic mass is 16.7. The molecule has 0 amide bonds. The summed E-state index contributed by atoms with van der Waals surface area (Å²) in [5, 5.41) is 0. The zero-order chi connectivity index (χ0) is 18.7. The number of fused-ring (bicyclic) bond motifs is 1. The summed E-state index contributed by atoms with van der Waals surface area (Å²) in [6, 6.07) is 8.04. The van der Waals surface area contributed by atoms with Gasteiger partial charge in [0.2, 0.25) is 0 Å². The molecule has 0 aliphatic rings. The van der Waals surface area contributed by atoms with Crippen LogP contribution in [0, 0.1) is 0 Å². The van der Waals surface area contributed by atoms with Gasteiger partial charge in [-0.05, 0) is 38.8 Å². The van der Waals surface area contributed by atoms with Crippen molar-refractivity contribution in [2.45, 2.75) is 52.3 Å². The van der Waals surface area contributed by atoms with Gasteiger partial charge in [0.25, 0.3) is 0 Å². The Balaban J connectivity index is 1.92. The van der Waals surface area contributed by atoms with Crippen molar-refractivity contribution in [3.63, 3.8) is 0 Å². The predicted octanol–water partition coefficient (Wildman–Crippen LogP) is 3.21. The molecular weight excluding hydrogens is 328 g/mol. The number of anilines is 1. The Hall–Kier alpha value is -2.51. The van der Waals surface area contributed by atoms with Crippen molar-refractivity contribution in [1.29, 1.82) is 0 Å². The maximum Gasteiger partial charge on any atom is 0.165 e. The second-order valence-electron chi connectivity index (χ2n) is 7.03. The van der Waals surface area contributed by atoms with Crippen LogP contribution in [-0.2, 0) is 16.9 Å². The third kappa shape index (κ3) is 3.84. The molecule has 1 aromatic carbocycles. The maximum absolute atomic E-state index is 6.21. The summed E-state index contributed by atoms with van der Waals surface area (Å²) in [6.07, 6.45) is 4.98. The van der Waals surface area contributed by atoms with Crippen LogP contribution in [0.3, 0.4) is 0 Å². The number of nitrogens with one attached hydrogen (secondary N) is 1. The lowest BCUT2D eigenvalue weighted by molar-refractivity contribution is 0.112. The van der Waals surface area contributed by atoms with Crippen LogP contribution in [0.25, 0.3) is 11.2 Å². The topological polar surface area (TPSA) is 90.9 Å². The molecule has 3 N–H and O–H groups in total. The molecule has 0 aliphatic heterocycles. The standard InChI is InChI=1S/C19H26N6O/c1-5-13(2)26-24-15-9-7-6-8-14(15)10-16-17-18(22-11-21-16)25(12-23-17)19(3,4)20/h6-9,11-13,24H,5,10,20H2,1-4H3. The normalized spacial score (nSPS) is 13.1. The molecule has 1 unspecified atom stereocenters. The van der Waals surface area contributed by atoms with Gasteiger partial charge in [-0.15, -0.1) is 0 Å². The number of hydrogen-bond acceptors (Lipinski definition) is 6. The minimum atomic E-state index is -0.579. The van der Waals surface area contributed by atoms with E-state index in [9.17, 15) is 0 Å². The van der Waals surface area contributed by atoms with Gasteiger partial charge in [-0.1, -0.05) is 25.1 Å². The Bertz CT molecular complexity index is 883. The highest BCUT2D eigenvalue weighted by Gasteiger charge is 2.19. The largest absolute Gasteiger partial charge is 0.309 e. The van der Waals surface area contributed by atoms with Gasteiger partial charge in [-0.25, -0.2) is 15.0 Å². The Morgan fingerprint density at radius 2 is 2.00 bits per heavy atom. The fraction of sp³-hybridized carbons (Fsp3) is 0.421. The van der Waals surface area contributed by atoms with Crippen LogP contribution in [0.2, 0.25) is 0 Å². The second kappa shape index (κ2) is 7.39. The average molecular weight is 354 g/mol. The van der Waals surface area contributed by atoms with Crippen molar-refractivity contribution >= 4 is 16.9 Å². The summed E-state index contributed by atoms with van der Waals surface area (Å²) >= 11 is 0. The zero-order valence-corrected chi connectivity index (χ0v) is 15.7. The van der Waals surface area contributed by atoms with Gasteiger partial charge in [0.1, 0.15) is 11.8 Å². The monoisotopic (exact) mass is 354 g/mol. The molecule has 0 aliphatic carbocycles. The van der Waals surface area contributed by atoms with Gasteiger partial charge < -0.3 is 5.73 Å². The number of nitrogens with zero attached hydrogens (tertiary/aromatic N) is 4. The minimum absolute atomic E-state index is 0.135. The molecule has 3 rings (SSSR count).